The fraction of sp³-hybridized carbons (Fsp3) is 0.417. The van der Waals surface area contributed by atoms with Crippen LogP contribution in [0.25, 0.3) is 0 Å². The predicted octanol–water partition coefficient (Wildman–Crippen LogP) is 2.79. The SMILES string of the molecule is Cc1ccc(CC(=O)O)cc1CCCCl. The van der Waals surface area contributed by atoms with Crippen molar-refractivity contribution in [2.75, 3.05) is 5.88 Å². The summed E-state index contributed by atoms with van der Waals surface area (Å²) in [7, 11) is 0. The van der Waals surface area contributed by atoms with Crippen LogP contribution in [0, 0.1) is 6.92 Å². The molecule has 15 heavy (non-hydrogen) atoms. The van der Waals surface area contributed by atoms with E-state index in [9.17, 15) is 4.79 Å². The Morgan fingerprint density at radius 1 is 1.47 bits per heavy atom. The molecule has 0 aliphatic heterocycles. The Morgan fingerprint density at radius 2 is 2.20 bits per heavy atom. The summed E-state index contributed by atoms with van der Waals surface area (Å²) in [5.74, 6) is -0.148. The molecule has 1 aromatic carbocycles. The van der Waals surface area contributed by atoms with Crippen molar-refractivity contribution in [2.24, 2.45) is 0 Å². The Bertz CT molecular complexity index is 347. The number of hydrogen-bond donors (Lipinski definition) is 1. The third-order valence-electron chi connectivity index (χ3n) is 2.35. The summed E-state index contributed by atoms with van der Waals surface area (Å²) in [5.41, 5.74) is 3.27. The Kier molecular flexibility index (Phi) is 4.63. The molecule has 0 bridgehead atoms. The summed E-state index contributed by atoms with van der Waals surface area (Å²) in [6.07, 6.45) is 1.94. The Morgan fingerprint density at radius 3 is 2.80 bits per heavy atom. The van der Waals surface area contributed by atoms with E-state index in [0.29, 0.717) is 5.88 Å². The maximum atomic E-state index is 10.6. The van der Waals surface area contributed by atoms with Crippen LogP contribution in [0.1, 0.15) is 23.1 Å². The predicted molar refractivity (Wildman–Crippen MR) is 61.6 cm³/mol. The van der Waals surface area contributed by atoms with Gasteiger partial charge >= 0.3 is 5.97 Å². The first kappa shape index (κ1) is 12.1. The minimum atomic E-state index is -0.790. The van der Waals surface area contributed by atoms with E-state index in [1.54, 1.807) is 0 Å². The number of hydrogen-bond acceptors (Lipinski definition) is 1. The molecule has 0 saturated heterocycles. The van der Waals surface area contributed by atoms with Crippen molar-refractivity contribution in [3.8, 4) is 0 Å². The number of halogens is 1. The highest BCUT2D eigenvalue weighted by molar-refractivity contribution is 6.17. The van der Waals surface area contributed by atoms with Gasteiger partial charge in [-0.25, -0.2) is 0 Å². The van der Waals surface area contributed by atoms with E-state index in [0.717, 1.165) is 18.4 Å². The molecule has 0 saturated carbocycles. The molecule has 0 amide bonds. The molecule has 1 aromatic rings. The lowest BCUT2D eigenvalue weighted by atomic mass is 10.00. The van der Waals surface area contributed by atoms with Crippen LogP contribution in [-0.4, -0.2) is 17.0 Å². The van der Waals surface area contributed by atoms with Crippen LogP contribution in [0.5, 0.6) is 0 Å². The van der Waals surface area contributed by atoms with Gasteiger partial charge in [0.2, 0.25) is 0 Å². The fourth-order valence-electron chi connectivity index (χ4n) is 1.54. The second-order valence-electron chi connectivity index (χ2n) is 3.62. The van der Waals surface area contributed by atoms with Gasteiger partial charge in [0.05, 0.1) is 6.42 Å². The summed E-state index contributed by atoms with van der Waals surface area (Å²) in [6.45, 7) is 2.04. The van der Waals surface area contributed by atoms with Crippen LogP contribution in [0.4, 0.5) is 0 Å². The number of carbonyl (C=O) groups is 1. The third kappa shape index (κ3) is 3.92. The Balaban J connectivity index is 2.79. The van der Waals surface area contributed by atoms with Gasteiger partial charge in [-0.05, 0) is 36.5 Å². The van der Waals surface area contributed by atoms with E-state index in [-0.39, 0.29) is 6.42 Å². The molecular formula is C12H15ClO2. The number of alkyl halides is 1. The zero-order chi connectivity index (χ0) is 11.3. The Hall–Kier alpha value is -1.02. The van der Waals surface area contributed by atoms with Crippen molar-refractivity contribution in [1.29, 1.82) is 0 Å². The number of carboxylic acid groups (broad SMARTS) is 1. The molecule has 2 nitrogen and oxygen atoms in total. The summed E-state index contributed by atoms with van der Waals surface area (Å²) >= 11 is 5.63. The van der Waals surface area contributed by atoms with Gasteiger partial charge in [0, 0.05) is 5.88 Å². The van der Waals surface area contributed by atoms with Crippen molar-refractivity contribution < 1.29 is 9.90 Å². The average molecular weight is 227 g/mol. The van der Waals surface area contributed by atoms with Crippen molar-refractivity contribution in [3.05, 3.63) is 34.9 Å². The van der Waals surface area contributed by atoms with Gasteiger partial charge in [0.25, 0.3) is 0 Å². The van der Waals surface area contributed by atoms with Crippen LogP contribution < -0.4 is 0 Å². The van der Waals surface area contributed by atoms with Gasteiger partial charge in [-0.2, -0.15) is 0 Å². The first-order chi connectivity index (χ1) is 7.13. The standard InChI is InChI=1S/C12H15ClO2/c1-9-4-5-10(8-12(14)15)7-11(9)3-2-6-13/h4-5,7H,2-3,6,8H2,1H3,(H,14,15). The van der Waals surface area contributed by atoms with E-state index in [2.05, 4.69) is 0 Å². The van der Waals surface area contributed by atoms with E-state index < -0.39 is 5.97 Å². The number of benzene rings is 1. The van der Waals surface area contributed by atoms with E-state index >= 15 is 0 Å². The normalized spacial score (nSPS) is 10.3. The molecule has 3 heteroatoms. The van der Waals surface area contributed by atoms with Gasteiger partial charge in [-0.1, -0.05) is 18.2 Å². The topological polar surface area (TPSA) is 37.3 Å². The lowest BCUT2D eigenvalue weighted by Crippen LogP contribution is -2.01. The smallest absolute Gasteiger partial charge is 0.307 e. The molecule has 82 valence electrons. The van der Waals surface area contributed by atoms with E-state index in [1.165, 1.54) is 11.1 Å². The van der Waals surface area contributed by atoms with Crippen molar-refractivity contribution in [1.82, 2.24) is 0 Å². The second-order valence-corrected chi connectivity index (χ2v) is 4.00. The van der Waals surface area contributed by atoms with Crippen LogP contribution in [0.3, 0.4) is 0 Å². The first-order valence-corrected chi connectivity index (χ1v) is 5.53. The monoisotopic (exact) mass is 226 g/mol. The van der Waals surface area contributed by atoms with Gasteiger partial charge in [0.15, 0.2) is 0 Å². The number of carboxylic acids is 1. The zero-order valence-corrected chi connectivity index (χ0v) is 9.55. The molecule has 1 N–H and O–H groups in total. The highest BCUT2D eigenvalue weighted by Gasteiger charge is 2.03. The molecule has 1 rings (SSSR count). The first-order valence-electron chi connectivity index (χ1n) is 4.99. The van der Waals surface area contributed by atoms with Gasteiger partial charge < -0.3 is 5.11 Å². The van der Waals surface area contributed by atoms with Crippen molar-refractivity contribution in [2.45, 2.75) is 26.2 Å². The van der Waals surface area contributed by atoms with Crippen LogP contribution in [-0.2, 0) is 17.6 Å². The van der Waals surface area contributed by atoms with E-state index in [4.69, 9.17) is 16.7 Å². The van der Waals surface area contributed by atoms with Crippen LogP contribution in [0.2, 0.25) is 0 Å². The lowest BCUT2D eigenvalue weighted by Gasteiger charge is -2.06. The second kappa shape index (κ2) is 5.76. The minimum Gasteiger partial charge on any atom is -0.481 e. The molecule has 0 atom stereocenters. The summed E-state index contributed by atoms with van der Waals surface area (Å²) in [4.78, 5) is 10.6. The van der Waals surface area contributed by atoms with Gasteiger partial charge in [-0.3, -0.25) is 4.79 Å². The largest absolute Gasteiger partial charge is 0.481 e. The zero-order valence-electron chi connectivity index (χ0n) is 8.79. The molecule has 0 spiro atoms. The highest BCUT2D eigenvalue weighted by atomic mass is 35.5. The van der Waals surface area contributed by atoms with Gasteiger partial charge in [0.1, 0.15) is 0 Å². The van der Waals surface area contributed by atoms with Crippen molar-refractivity contribution in [3.63, 3.8) is 0 Å². The molecule has 0 aliphatic rings. The number of rotatable bonds is 5. The quantitative estimate of drug-likeness (QED) is 0.784. The molecular weight excluding hydrogens is 212 g/mol. The maximum absolute atomic E-state index is 10.6. The highest BCUT2D eigenvalue weighted by Crippen LogP contribution is 2.14. The average Bonchev–Trinajstić information content (AvgIpc) is 2.18. The summed E-state index contributed by atoms with van der Waals surface area (Å²) < 4.78 is 0. The lowest BCUT2D eigenvalue weighted by molar-refractivity contribution is -0.136. The molecule has 0 radical (unpaired) electrons. The molecule has 0 unspecified atom stereocenters. The minimum absolute atomic E-state index is 0.0914. The molecule has 0 fully saturated rings. The third-order valence-corrected chi connectivity index (χ3v) is 2.62. The fourth-order valence-corrected chi connectivity index (χ4v) is 1.67. The summed E-state index contributed by atoms with van der Waals surface area (Å²) in [5, 5.41) is 8.68. The number of aryl methyl sites for hydroxylation is 2. The van der Waals surface area contributed by atoms with Crippen molar-refractivity contribution >= 4 is 17.6 Å². The molecule has 0 aromatic heterocycles. The van der Waals surface area contributed by atoms with Crippen LogP contribution in [0.15, 0.2) is 18.2 Å². The Labute approximate surface area is 94.9 Å². The maximum Gasteiger partial charge on any atom is 0.307 e. The summed E-state index contributed by atoms with van der Waals surface area (Å²) in [6, 6.07) is 5.81. The molecule has 0 aliphatic carbocycles. The van der Waals surface area contributed by atoms with Gasteiger partial charge in [-0.15, -0.1) is 11.6 Å². The number of aliphatic carboxylic acids is 1. The van der Waals surface area contributed by atoms with E-state index in [1.807, 2.05) is 25.1 Å². The van der Waals surface area contributed by atoms with Crippen LogP contribution >= 0.6 is 11.6 Å². The molecule has 0 heterocycles.